The van der Waals surface area contributed by atoms with E-state index in [1.165, 1.54) is 0 Å². The zero-order chi connectivity index (χ0) is 19.5. The predicted octanol–water partition coefficient (Wildman–Crippen LogP) is 1.10. The number of carbonyl (C=O) groups is 1. The Morgan fingerprint density at radius 3 is 2.61 bits per heavy atom. The van der Waals surface area contributed by atoms with Crippen molar-refractivity contribution in [3.8, 4) is 0 Å². The number of halogens is 1. The molecule has 1 aromatic heterocycles. The number of rotatable bonds is 8. The Labute approximate surface area is 184 Å². The summed E-state index contributed by atoms with van der Waals surface area (Å²) in [6.45, 7) is 12.5. The smallest absolute Gasteiger partial charge is 0.252 e. The van der Waals surface area contributed by atoms with Crippen molar-refractivity contribution in [3.63, 3.8) is 0 Å². The summed E-state index contributed by atoms with van der Waals surface area (Å²) in [5, 5.41) is 9.39. The number of ether oxygens (including phenoxy) is 1. The number of guanidine groups is 1. The quantitative estimate of drug-likeness (QED) is 0.213. The molecule has 1 aromatic rings. The molecular weight excluding hydrogens is 471 g/mol. The third-order valence-electron chi connectivity index (χ3n) is 4.46. The number of nitrogens with one attached hydrogen (secondary N) is 3. The number of aromatic nitrogens is 1. The van der Waals surface area contributed by atoms with Gasteiger partial charge in [-0.1, -0.05) is 0 Å². The average Bonchev–Trinajstić information content (AvgIpc) is 2.70. The molecule has 8 nitrogen and oxygen atoms in total. The van der Waals surface area contributed by atoms with Gasteiger partial charge in [-0.05, 0) is 32.9 Å². The van der Waals surface area contributed by atoms with E-state index in [4.69, 9.17) is 9.73 Å². The molecule has 1 fully saturated rings. The number of aliphatic imine (C=N–C) groups is 1. The molecule has 0 aliphatic carbocycles. The van der Waals surface area contributed by atoms with E-state index in [0.29, 0.717) is 25.2 Å². The van der Waals surface area contributed by atoms with Crippen LogP contribution in [-0.2, 0) is 4.74 Å². The Morgan fingerprint density at radius 1 is 1.25 bits per heavy atom. The minimum absolute atomic E-state index is 0. The molecule has 28 heavy (non-hydrogen) atoms. The molecule has 0 spiro atoms. The molecule has 0 unspecified atom stereocenters. The first-order valence-corrected chi connectivity index (χ1v) is 9.56. The third-order valence-corrected chi connectivity index (χ3v) is 4.46. The molecule has 1 aliphatic rings. The van der Waals surface area contributed by atoms with Crippen LogP contribution in [0.3, 0.4) is 0 Å². The van der Waals surface area contributed by atoms with Crippen LogP contribution in [0.4, 0.5) is 0 Å². The van der Waals surface area contributed by atoms with Gasteiger partial charge in [0, 0.05) is 50.7 Å². The lowest BCUT2D eigenvalue weighted by molar-refractivity contribution is -0.00683. The fraction of sp³-hybridized carbons (Fsp3) is 0.632. The van der Waals surface area contributed by atoms with Crippen LogP contribution in [-0.4, -0.2) is 79.8 Å². The van der Waals surface area contributed by atoms with Crippen LogP contribution in [0.1, 0.15) is 31.1 Å². The molecule has 2 heterocycles. The molecule has 3 N–H and O–H groups in total. The zero-order valence-electron chi connectivity index (χ0n) is 17.0. The number of pyridine rings is 1. The molecule has 2 rings (SSSR count). The van der Waals surface area contributed by atoms with E-state index in [2.05, 4.69) is 39.7 Å². The number of amides is 1. The Bertz CT molecular complexity index is 606. The van der Waals surface area contributed by atoms with Crippen LogP contribution in [0.2, 0.25) is 0 Å². The molecule has 1 amide bonds. The number of hydrogen-bond acceptors (Lipinski definition) is 5. The second-order valence-electron chi connectivity index (χ2n) is 7.03. The second-order valence-corrected chi connectivity index (χ2v) is 7.03. The standard InChI is InChI=1S/C19H32N6O2.HI/c1-4-21-18(24-15-19(2,3)25-10-12-27-13-11-25)23-9-8-22-17(26)16-6-5-7-20-14-16;/h5-7,14H,4,8-13,15H2,1-3H3,(H,22,26)(H2,21,23,24);1H. The van der Waals surface area contributed by atoms with E-state index in [1.807, 2.05) is 6.92 Å². The van der Waals surface area contributed by atoms with Gasteiger partial charge in [-0.25, -0.2) is 0 Å². The number of hydrogen-bond donors (Lipinski definition) is 3. The second kappa shape index (κ2) is 12.9. The summed E-state index contributed by atoms with van der Waals surface area (Å²) in [5.74, 6) is 0.634. The van der Waals surface area contributed by atoms with Crippen LogP contribution < -0.4 is 16.0 Å². The summed E-state index contributed by atoms with van der Waals surface area (Å²) in [6, 6.07) is 3.49. The normalized spacial score (nSPS) is 15.5. The molecule has 1 aliphatic heterocycles. The van der Waals surface area contributed by atoms with Crippen molar-refractivity contribution in [2.75, 3.05) is 52.5 Å². The van der Waals surface area contributed by atoms with Crippen LogP contribution in [0.15, 0.2) is 29.5 Å². The van der Waals surface area contributed by atoms with Crippen LogP contribution >= 0.6 is 24.0 Å². The van der Waals surface area contributed by atoms with Crippen LogP contribution in [0.25, 0.3) is 0 Å². The molecular formula is C19H33IN6O2. The Hall–Kier alpha value is -1.46. The van der Waals surface area contributed by atoms with Crippen molar-refractivity contribution >= 4 is 35.8 Å². The van der Waals surface area contributed by atoms with Crippen molar-refractivity contribution in [1.29, 1.82) is 0 Å². The first-order valence-electron chi connectivity index (χ1n) is 9.56. The maximum absolute atomic E-state index is 12.0. The van der Waals surface area contributed by atoms with Gasteiger partial charge in [0.1, 0.15) is 0 Å². The van der Waals surface area contributed by atoms with Crippen molar-refractivity contribution in [2.45, 2.75) is 26.3 Å². The molecule has 0 radical (unpaired) electrons. The van der Waals surface area contributed by atoms with Gasteiger partial charge in [0.2, 0.25) is 0 Å². The predicted molar refractivity (Wildman–Crippen MR) is 122 cm³/mol. The van der Waals surface area contributed by atoms with Crippen molar-refractivity contribution in [3.05, 3.63) is 30.1 Å². The van der Waals surface area contributed by atoms with E-state index in [0.717, 1.165) is 38.8 Å². The zero-order valence-corrected chi connectivity index (χ0v) is 19.4. The lowest BCUT2D eigenvalue weighted by atomic mass is 10.0. The minimum Gasteiger partial charge on any atom is -0.379 e. The molecule has 0 aromatic carbocycles. The highest BCUT2D eigenvalue weighted by molar-refractivity contribution is 14.0. The fourth-order valence-corrected chi connectivity index (χ4v) is 2.84. The molecule has 0 saturated carbocycles. The number of nitrogens with zero attached hydrogens (tertiary/aromatic N) is 3. The van der Waals surface area contributed by atoms with E-state index in [9.17, 15) is 4.79 Å². The van der Waals surface area contributed by atoms with Crippen molar-refractivity contribution in [1.82, 2.24) is 25.8 Å². The van der Waals surface area contributed by atoms with Gasteiger partial charge in [-0.15, -0.1) is 24.0 Å². The summed E-state index contributed by atoms with van der Waals surface area (Å²) in [6.07, 6.45) is 3.21. The SMILES string of the molecule is CCNC(=NCC(C)(C)N1CCOCC1)NCCNC(=O)c1cccnc1.I. The molecule has 0 bridgehead atoms. The van der Waals surface area contributed by atoms with Crippen molar-refractivity contribution < 1.29 is 9.53 Å². The summed E-state index contributed by atoms with van der Waals surface area (Å²) < 4.78 is 5.44. The van der Waals surface area contributed by atoms with Gasteiger partial charge in [-0.3, -0.25) is 19.7 Å². The molecule has 9 heteroatoms. The highest BCUT2D eigenvalue weighted by Gasteiger charge is 2.28. The van der Waals surface area contributed by atoms with Gasteiger partial charge in [-0.2, -0.15) is 0 Å². The Balaban J connectivity index is 0.00000392. The van der Waals surface area contributed by atoms with Crippen LogP contribution in [0.5, 0.6) is 0 Å². The summed E-state index contributed by atoms with van der Waals surface area (Å²) in [4.78, 5) is 23.1. The largest absolute Gasteiger partial charge is 0.379 e. The Morgan fingerprint density at radius 2 is 1.96 bits per heavy atom. The maximum Gasteiger partial charge on any atom is 0.252 e. The van der Waals surface area contributed by atoms with Crippen LogP contribution in [0, 0.1) is 0 Å². The van der Waals surface area contributed by atoms with E-state index < -0.39 is 0 Å². The van der Waals surface area contributed by atoms with E-state index >= 15 is 0 Å². The van der Waals surface area contributed by atoms with E-state index in [1.54, 1.807) is 24.5 Å². The minimum atomic E-state index is -0.125. The first kappa shape index (κ1) is 24.6. The van der Waals surface area contributed by atoms with Crippen molar-refractivity contribution in [2.24, 2.45) is 4.99 Å². The first-order chi connectivity index (χ1) is 13.0. The van der Waals surface area contributed by atoms with Gasteiger partial charge in [0.05, 0.1) is 25.3 Å². The molecule has 158 valence electrons. The highest BCUT2D eigenvalue weighted by Crippen LogP contribution is 2.16. The average molecular weight is 504 g/mol. The third kappa shape index (κ3) is 8.27. The fourth-order valence-electron chi connectivity index (χ4n) is 2.84. The highest BCUT2D eigenvalue weighted by atomic mass is 127. The molecule has 0 atom stereocenters. The summed E-state index contributed by atoms with van der Waals surface area (Å²) >= 11 is 0. The van der Waals surface area contributed by atoms with E-state index in [-0.39, 0.29) is 35.4 Å². The topological polar surface area (TPSA) is 90.9 Å². The maximum atomic E-state index is 12.0. The molecule has 1 saturated heterocycles. The van der Waals surface area contributed by atoms with Gasteiger partial charge in [0.15, 0.2) is 5.96 Å². The monoisotopic (exact) mass is 504 g/mol. The number of carbonyl (C=O) groups excluding carboxylic acids is 1. The summed E-state index contributed by atoms with van der Waals surface area (Å²) in [7, 11) is 0. The van der Waals surface area contributed by atoms with Gasteiger partial charge < -0.3 is 20.7 Å². The Kier molecular flexibility index (Phi) is 11.3. The lowest BCUT2D eigenvalue weighted by Crippen LogP contribution is -2.52. The summed E-state index contributed by atoms with van der Waals surface area (Å²) in [5.41, 5.74) is 0.533. The van der Waals surface area contributed by atoms with Gasteiger partial charge >= 0.3 is 0 Å². The number of morpholine rings is 1. The van der Waals surface area contributed by atoms with Gasteiger partial charge in [0.25, 0.3) is 5.91 Å². The lowest BCUT2D eigenvalue weighted by Gasteiger charge is -2.39.